The molecule has 6 heteroatoms. The third-order valence-corrected chi connectivity index (χ3v) is 2.47. The quantitative estimate of drug-likeness (QED) is 0.774. The maximum Gasteiger partial charge on any atom is 0.270 e. The Kier molecular flexibility index (Phi) is 4.81. The van der Waals surface area contributed by atoms with Crippen LogP contribution in [0.4, 0.5) is 0 Å². The molecule has 0 aliphatic rings. The number of pyridine rings is 1. The maximum atomic E-state index is 11.8. The highest BCUT2D eigenvalue weighted by Gasteiger charge is 2.25. The van der Waals surface area contributed by atoms with Crippen molar-refractivity contribution in [2.24, 2.45) is 11.7 Å². The zero-order chi connectivity index (χ0) is 13.5. The molecule has 1 rings (SSSR count). The number of hydrogen-bond donors (Lipinski definition) is 2. The van der Waals surface area contributed by atoms with Crippen molar-refractivity contribution < 1.29 is 9.59 Å². The minimum absolute atomic E-state index is 0.135. The lowest BCUT2D eigenvalue weighted by Gasteiger charge is -2.19. The molecular weight excluding hydrogens is 232 g/mol. The molecule has 0 spiro atoms. The van der Waals surface area contributed by atoms with E-state index in [1.165, 1.54) is 12.3 Å². The SMILES string of the molecule is C[C@@H](CC#N)[C@@H](NC(=O)c1ccccn1)C(N)=O. The molecule has 0 aliphatic carbocycles. The van der Waals surface area contributed by atoms with Crippen LogP contribution in [0, 0.1) is 17.2 Å². The van der Waals surface area contributed by atoms with Crippen molar-refractivity contribution in [3.63, 3.8) is 0 Å². The van der Waals surface area contributed by atoms with Crippen molar-refractivity contribution in [1.82, 2.24) is 10.3 Å². The first-order valence-corrected chi connectivity index (χ1v) is 5.44. The minimum Gasteiger partial charge on any atom is -0.368 e. The normalized spacial score (nSPS) is 13.1. The number of nitrogens with one attached hydrogen (secondary N) is 1. The summed E-state index contributed by atoms with van der Waals surface area (Å²) >= 11 is 0. The molecule has 18 heavy (non-hydrogen) atoms. The van der Waals surface area contributed by atoms with E-state index < -0.39 is 17.9 Å². The van der Waals surface area contributed by atoms with Crippen LogP contribution < -0.4 is 11.1 Å². The van der Waals surface area contributed by atoms with Gasteiger partial charge in [-0.3, -0.25) is 14.6 Å². The van der Waals surface area contributed by atoms with Gasteiger partial charge in [0.1, 0.15) is 11.7 Å². The molecule has 0 bridgehead atoms. The number of hydrogen-bond acceptors (Lipinski definition) is 4. The van der Waals surface area contributed by atoms with Gasteiger partial charge in [-0.25, -0.2) is 0 Å². The van der Waals surface area contributed by atoms with Crippen LogP contribution in [-0.4, -0.2) is 22.8 Å². The third kappa shape index (κ3) is 3.56. The van der Waals surface area contributed by atoms with Crippen LogP contribution in [0.3, 0.4) is 0 Å². The van der Waals surface area contributed by atoms with E-state index in [0.29, 0.717) is 0 Å². The summed E-state index contributed by atoms with van der Waals surface area (Å²) in [7, 11) is 0. The number of rotatable bonds is 5. The largest absolute Gasteiger partial charge is 0.368 e. The Hall–Kier alpha value is -2.42. The van der Waals surface area contributed by atoms with Crippen LogP contribution in [0.5, 0.6) is 0 Å². The van der Waals surface area contributed by atoms with E-state index in [2.05, 4.69) is 10.3 Å². The van der Waals surface area contributed by atoms with Gasteiger partial charge in [0.05, 0.1) is 6.07 Å². The van der Waals surface area contributed by atoms with Gasteiger partial charge in [-0.05, 0) is 18.1 Å². The molecule has 94 valence electrons. The van der Waals surface area contributed by atoms with Gasteiger partial charge in [0.25, 0.3) is 5.91 Å². The summed E-state index contributed by atoms with van der Waals surface area (Å²) < 4.78 is 0. The Morgan fingerprint density at radius 1 is 1.56 bits per heavy atom. The lowest BCUT2D eigenvalue weighted by atomic mass is 9.98. The summed E-state index contributed by atoms with van der Waals surface area (Å²) in [5, 5.41) is 11.1. The minimum atomic E-state index is -0.876. The van der Waals surface area contributed by atoms with Gasteiger partial charge in [-0.1, -0.05) is 13.0 Å². The van der Waals surface area contributed by atoms with E-state index in [0.717, 1.165) is 0 Å². The van der Waals surface area contributed by atoms with E-state index >= 15 is 0 Å². The molecule has 1 heterocycles. The third-order valence-electron chi connectivity index (χ3n) is 2.47. The van der Waals surface area contributed by atoms with Gasteiger partial charge < -0.3 is 11.1 Å². The van der Waals surface area contributed by atoms with E-state index in [1.54, 1.807) is 19.1 Å². The highest BCUT2D eigenvalue weighted by Crippen LogP contribution is 2.08. The molecule has 0 aliphatic heterocycles. The topological polar surface area (TPSA) is 109 Å². The number of nitriles is 1. The Morgan fingerprint density at radius 3 is 2.78 bits per heavy atom. The predicted molar refractivity (Wildman–Crippen MR) is 64.1 cm³/mol. The molecule has 0 unspecified atom stereocenters. The summed E-state index contributed by atoms with van der Waals surface area (Å²) in [5.41, 5.74) is 5.41. The fourth-order valence-corrected chi connectivity index (χ4v) is 1.47. The summed E-state index contributed by atoms with van der Waals surface area (Å²) in [5.74, 6) is -1.49. The van der Waals surface area contributed by atoms with Crippen molar-refractivity contribution in [2.75, 3.05) is 0 Å². The number of carbonyl (C=O) groups is 2. The molecule has 0 saturated carbocycles. The van der Waals surface area contributed by atoms with Gasteiger partial charge in [0.2, 0.25) is 5.91 Å². The number of nitrogens with two attached hydrogens (primary N) is 1. The van der Waals surface area contributed by atoms with Crippen LogP contribution in [0.15, 0.2) is 24.4 Å². The van der Waals surface area contributed by atoms with E-state index in [-0.39, 0.29) is 18.0 Å². The lowest BCUT2D eigenvalue weighted by molar-refractivity contribution is -0.120. The molecule has 2 atom stereocenters. The molecule has 1 aromatic rings. The Bertz CT molecular complexity index is 467. The zero-order valence-electron chi connectivity index (χ0n) is 9.96. The highest BCUT2D eigenvalue weighted by molar-refractivity contribution is 5.95. The maximum absolute atomic E-state index is 11.8. The van der Waals surface area contributed by atoms with Crippen LogP contribution in [0.25, 0.3) is 0 Å². The molecule has 0 saturated heterocycles. The van der Waals surface area contributed by atoms with Crippen LogP contribution in [0.1, 0.15) is 23.8 Å². The second-order valence-electron chi connectivity index (χ2n) is 3.91. The van der Waals surface area contributed by atoms with Gasteiger partial charge in [-0.15, -0.1) is 0 Å². The second-order valence-corrected chi connectivity index (χ2v) is 3.91. The monoisotopic (exact) mass is 246 g/mol. The van der Waals surface area contributed by atoms with Crippen molar-refractivity contribution in [2.45, 2.75) is 19.4 Å². The summed E-state index contributed by atoms with van der Waals surface area (Å²) in [6, 6.07) is 5.94. The predicted octanol–water partition coefficient (Wildman–Crippen LogP) is 0.215. The Labute approximate surface area is 105 Å². The lowest BCUT2D eigenvalue weighted by Crippen LogP contribution is -2.48. The van der Waals surface area contributed by atoms with Crippen molar-refractivity contribution >= 4 is 11.8 Å². The first kappa shape index (κ1) is 13.6. The molecule has 2 amide bonds. The number of nitrogens with zero attached hydrogens (tertiary/aromatic N) is 2. The first-order valence-electron chi connectivity index (χ1n) is 5.44. The van der Waals surface area contributed by atoms with E-state index in [4.69, 9.17) is 11.0 Å². The average molecular weight is 246 g/mol. The van der Waals surface area contributed by atoms with Crippen molar-refractivity contribution in [1.29, 1.82) is 5.26 Å². The molecule has 3 N–H and O–H groups in total. The fourth-order valence-electron chi connectivity index (χ4n) is 1.47. The van der Waals surface area contributed by atoms with Crippen molar-refractivity contribution in [3.05, 3.63) is 30.1 Å². The van der Waals surface area contributed by atoms with Gasteiger partial charge in [-0.2, -0.15) is 5.26 Å². The van der Waals surface area contributed by atoms with Crippen LogP contribution >= 0.6 is 0 Å². The molecule has 1 aromatic heterocycles. The number of primary amides is 1. The van der Waals surface area contributed by atoms with Crippen molar-refractivity contribution in [3.8, 4) is 6.07 Å². The molecule has 6 nitrogen and oxygen atoms in total. The summed E-state index contributed by atoms with van der Waals surface area (Å²) in [6.07, 6.45) is 1.61. The van der Waals surface area contributed by atoms with Gasteiger partial charge in [0.15, 0.2) is 0 Å². The van der Waals surface area contributed by atoms with Crippen LogP contribution in [0.2, 0.25) is 0 Å². The average Bonchev–Trinajstić information content (AvgIpc) is 2.36. The number of aromatic nitrogens is 1. The Balaban J connectivity index is 2.77. The fraction of sp³-hybridized carbons (Fsp3) is 0.333. The standard InChI is InChI=1S/C12H14N4O2/c1-8(5-6-13)10(11(14)17)16-12(18)9-4-2-3-7-15-9/h2-4,7-8,10H,5H2,1H3,(H2,14,17)(H,16,18)/t8-,10+/m0/s1. The number of amides is 2. The van der Waals surface area contributed by atoms with Gasteiger partial charge in [0, 0.05) is 12.6 Å². The van der Waals surface area contributed by atoms with Gasteiger partial charge >= 0.3 is 0 Å². The zero-order valence-corrected chi connectivity index (χ0v) is 9.96. The smallest absolute Gasteiger partial charge is 0.270 e. The highest BCUT2D eigenvalue weighted by atomic mass is 16.2. The number of carbonyl (C=O) groups excluding carboxylic acids is 2. The first-order chi connectivity index (χ1) is 8.56. The van der Waals surface area contributed by atoms with Crippen LogP contribution in [-0.2, 0) is 4.79 Å². The Morgan fingerprint density at radius 2 is 2.28 bits per heavy atom. The molecule has 0 radical (unpaired) electrons. The molecular formula is C12H14N4O2. The second kappa shape index (κ2) is 6.35. The summed E-state index contributed by atoms with van der Waals surface area (Å²) in [6.45, 7) is 1.68. The summed E-state index contributed by atoms with van der Waals surface area (Å²) in [4.78, 5) is 26.9. The molecule has 0 fully saturated rings. The van der Waals surface area contributed by atoms with E-state index in [9.17, 15) is 9.59 Å². The van der Waals surface area contributed by atoms with E-state index in [1.807, 2.05) is 6.07 Å². The molecule has 0 aromatic carbocycles.